The van der Waals surface area contributed by atoms with Crippen molar-refractivity contribution in [3.63, 3.8) is 0 Å². The molecule has 1 saturated heterocycles. The lowest BCUT2D eigenvalue weighted by molar-refractivity contribution is -0.0346. The second-order valence-corrected chi connectivity index (χ2v) is 5.03. The average Bonchev–Trinajstić information content (AvgIpc) is 2.94. The molecule has 20 heavy (non-hydrogen) atoms. The molecule has 0 amide bonds. The van der Waals surface area contributed by atoms with E-state index in [1.54, 1.807) is 4.57 Å². The molecular formula is C10H12ClN5O3S. The molecule has 3 atom stereocenters. The molecule has 0 radical (unpaired) electrons. The van der Waals surface area contributed by atoms with Gasteiger partial charge in [0.25, 0.3) is 0 Å². The Balaban J connectivity index is 1.95. The van der Waals surface area contributed by atoms with E-state index in [1.807, 2.05) is 0 Å². The lowest BCUT2D eigenvalue weighted by atomic mass is 10.2. The Hall–Kier alpha value is -1.13. The molecule has 0 spiro atoms. The SMILES string of the molecule is Nc1nc(Cl)nc2c1ncn2C1CC(O)C(COS)O1. The predicted octanol–water partition coefficient (Wildman–Crippen LogP) is 0.572. The smallest absolute Gasteiger partial charge is 0.226 e. The minimum atomic E-state index is -0.653. The number of fused-ring (bicyclic) bond motifs is 1. The number of hydrogen-bond donors (Lipinski definition) is 3. The molecule has 3 N–H and O–H groups in total. The third-order valence-electron chi connectivity index (χ3n) is 3.17. The van der Waals surface area contributed by atoms with Gasteiger partial charge in [-0.1, -0.05) is 0 Å². The number of anilines is 1. The maximum absolute atomic E-state index is 9.91. The first-order valence-electron chi connectivity index (χ1n) is 5.85. The quantitative estimate of drug-likeness (QED) is 0.431. The van der Waals surface area contributed by atoms with Gasteiger partial charge in [0.2, 0.25) is 5.28 Å². The van der Waals surface area contributed by atoms with E-state index >= 15 is 0 Å². The fourth-order valence-electron chi connectivity index (χ4n) is 2.23. The summed E-state index contributed by atoms with van der Waals surface area (Å²) in [5.41, 5.74) is 6.65. The van der Waals surface area contributed by atoms with Gasteiger partial charge in [-0.3, -0.25) is 4.57 Å². The highest BCUT2D eigenvalue weighted by Crippen LogP contribution is 2.32. The number of nitrogens with two attached hydrogens (primary N) is 1. The Bertz CT molecular complexity index is 639. The van der Waals surface area contributed by atoms with Crippen molar-refractivity contribution in [2.24, 2.45) is 0 Å². The molecule has 1 fully saturated rings. The molecule has 3 rings (SSSR count). The number of aromatic nitrogens is 4. The summed E-state index contributed by atoms with van der Waals surface area (Å²) >= 11 is 9.46. The number of thiol groups is 1. The molecule has 0 aromatic carbocycles. The van der Waals surface area contributed by atoms with Crippen LogP contribution >= 0.6 is 24.5 Å². The zero-order chi connectivity index (χ0) is 14.3. The highest BCUT2D eigenvalue weighted by molar-refractivity contribution is 7.75. The van der Waals surface area contributed by atoms with Crippen LogP contribution in [0, 0.1) is 0 Å². The van der Waals surface area contributed by atoms with Crippen molar-refractivity contribution in [3.05, 3.63) is 11.6 Å². The summed E-state index contributed by atoms with van der Waals surface area (Å²) in [6, 6.07) is 0. The van der Waals surface area contributed by atoms with E-state index in [0.717, 1.165) is 0 Å². The number of halogens is 1. The van der Waals surface area contributed by atoms with Crippen molar-refractivity contribution in [1.82, 2.24) is 19.5 Å². The van der Waals surface area contributed by atoms with Gasteiger partial charge < -0.3 is 19.8 Å². The molecule has 2 aromatic rings. The maximum Gasteiger partial charge on any atom is 0.226 e. The number of ether oxygens (including phenoxy) is 1. The van der Waals surface area contributed by atoms with Gasteiger partial charge in [-0.05, 0) is 24.5 Å². The summed E-state index contributed by atoms with van der Waals surface area (Å²) in [4.78, 5) is 12.1. The maximum atomic E-state index is 9.91. The lowest BCUT2D eigenvalue weighted by Gasteiger charge is -2.14. The molecule has 2 aromatic heterocycles. The van der Waals surface area contributed by atoms with Crippen molar-refractivity contribution in [2.75, 3.05) is 12.3 Å². The van der Waals surface area contributed by atoms with E-state index in [1.165, 1.54) is 6.33 Å². The second-order valence-electron chi connectivity index (χ2n) is 4.43. The molecule has 10 heteroatoms. The molecule has 108 valence electrons. The normalized spacial score (nSPS) is 26.4. The number of nitrogens with zero attached hydrogens (tertiary/aromatic N) is 4. The number of imidazole rings is 1. The predicted molar refractivity (Wildman–Crippen MR) is 74.2 cm³/mol. The zero-order valence-electron chi connectivity index (χ0n) is 10.2. The Morgan fingerprint density at radius 3 is 3.15 bits per heavy atom. The Morgan fingerprint density at radius 2 is 2.40 bits per heavy atom. The van der Waals surface area contributed by atoms with Crippen LogP contribution in [0.5, 0.6) is 0 Å². The van der Waals surface area contributed by atoms with Gasteiger partial charge in [0.05, 0.1) is 19.0 Å². The summed E-state index contributed by atoms with van der Waals surface area (Å²) in [5, 5.41) is 9.95. The fourth-order valence-corrected chi connectivity index (χ4v) is 2.55. The van der Waals surface area contributed by atoms with Gasteiger partial charge in [-0.2, -0.15) is 9.97 Å². The van der Waals surface area contributed by atoms with Crippen LogP contribution in [-0.4, -0.2) is 43.4 Å². The highest BCUT2D eigenvalue weighted by Gasteiger charge is 2.36. The summed E-state index contributed by atoms with van der Waals surface area (Å²) in [5.74, 6) is 0.201. The summed E-state index contributed by atoms with van der Waals surface area (Å²) in [6.45, 7) is 0.186. The van der Waals surface area contributed by atoms with Crippen molar-refractivity contribution in [2.45, 2.75) is 24.9 Å². The third kappa shape index (κ3) is 2.31. The first-order valence-corrected chi connectivity index (χ1v) is 6.60. The van der Waals surface area contributed by atoms with Crippen molar-refractivity contribution in [1.29, 1.82) is 0 Å². The number of rotatable bonds is 3. The van der Waals surface area contributed by atoms with Crippen LogP contribution in [-0.2, 0) is 8.92 Å². The molecular weight excluding hydrogens is 306 g/mol. The molecule has 0 bridgehead atoms. The third-order valence-corrected chi connectivity index (χ3v) is 3.49. The summed E-state index contributed by atoms with van der Waals surface area (Å²) < 4.78 is 12.1. The van der Waals surface area contributed by atoms with Gasteiger partial charge in [-0.15, -0.1) is 0 Å². The largest absolute Gasteiger partial charge is 0.390 e. The molecule has 0 aliphatic carbocycles. The average molecular weight is 318 g/mol. The van der Waals surface area contributed by atoms with Gasteiger partial charge in [0, 0.05) is 6.42 Å². The van der Waals surface area contributed by atoms with E-state index in [4.69, 9.17) is 26.3 Å². The van der Waals surface area contributed by atoms with Crippen LogP contribution in [0.1, 0.15) is 12.6 Å². The van der Waals surface area contributed by atoms with Gasteiger partial charge >= 0.3 is 0 Å². The molecule has 3 heterocycles. The van der Waals surface area contributed by atoms with Crippen LogP contribution in [0.2, 0.25) is 5.28 Å². The molecule has 1 aliphatic rings. The molecule has 0 saturated carbocycles. The monoisotopic (exact) mass is 317 g/mol. The van der Waals surface area contributed by atoms with Crippen molar-refractivity contribution >= 4 is 41.5 Å². The standard InChI is InChI=1S/C10H12ClN5O3S/c11-10-14-8(12)7-9(15-10)16(3-13-7)6-1-4(17)5(19-6)2-18-20/h3-6,17,20H,1-2H2,(H2,12,14,15). The van der Waals surface area contributed by atoms with Gasteiger partial charge in [0.15, 0.2) is 11.5 Å². The molecule has 8 nitrogen and oxygen atoms in total. The Morgan fingerprint density at radius 1 is 1.60 bits per heavy atom. The number of aliphatic hydroxyl groups is 1. The minimum absolute atomic E-state index is 0.0329. The number of hydrogen-bond acceptors (Lipinski definition) is 8. The lowest BCUT2D eigenvalue weighted by Crippen LogP contribution is -2.24. The van der Waals surface area contributed by atoms with Gasteiger partial charge in [0.1, 0.15) is 17.8 Å². The van der Waals surface area contributed by atoms with Crippen LogP contribution in [0.25, 0.3) is 11.2 Å². The summed E-state index contributed by atoms with van der Waals surface area (Å²) in [7, 11) is 0. The van der Waals surface area contributed by atoms with Crippen LogP contribution in [0.4, 0.5) is 5.82 Å². The molecule has 1 aliphatic heterocycles. The fraction of sp³-hybridized carbons (Fsp3) is 0.500. The van der Waals surface area contributed by atoms with Crippen molar-refractivity contribution < 1.29 is 14.0 Å². The number of nitrogen functional groups attached to an aromatic ring is 1. The van der Waals surface area contributed by atoms with Crippen LogP contribution in [0.3, 0.4) is 0 Å². The second kappa shape index (κ2) is 5.34. The Labute approximate surface area is 124 Å². The highest BCUT2D eigenvalue weighted by atomic mass is 35.5. The topological polar surface area (TPSA) is 108 Å². The van der Waals surface area contributed by atoms with E-state index in [9.17, 15) is 5.11 Å². The van der Waals surface area contributed by atoms with E-state index in [2.05, 4.69) is 27.9 Å². The number of aliphatic hydroxyl groups excluding tert-OH is 1. The van der Waals surface area contributed by atoms with E-state index in [-0.39, 0.29) is 17.7 Å². The Kier molecular flexibility index (Phi) is 3.69. The van der Waals surface area contributed by atoms with Crippen molar-refractivity contribution in [3.8, 4) is 0 Å². The first kappa shape index (κ1) is 13.8. The first-order chi connectivity index (χ1) is 9.60. The molecule has 3 unspecified atom stereocenters. The zero-order valence-corrected chi connectivity index (χ0v) is 11.8. The van der Waals surface area contributed by atoms with E-state index < -0.39 is 18.4 Å². The summed E-state index contributed by atoms with van der Waals surface area (Å²) in [6.07, 6.45) is 0.389. The van der Waals surface area contributed by atoms with Crippen LogP contribution in [0.15, 0.2) is 6.33 Å². The minimum Gasteiger partial charge on any atom is -0.390 e. The van der Waals surface area contributed by atoms with Crippen LogP contribution < -0.4 is 5.73 Å². The van der Waals surface area contributed by atoms with Gasteiger partial charge in [-0.25, -0.2) is 4.98 Å². The van der Waals surface area contributed by atoms with E-state index in [0.29, 0.717) is 17.6 Å².